The van der Waals surface area contributed by atoms with Gasteiger partial charge in [-0.05, 0) is 61.9 Å². The summed E-state index contributed by atoms with van der Waals surface area (Å²) in [6, 6.07) is 22.5. The molecule has 0 saturated heterocycles. The topological polar surface area (TPSA) is 56.1 Å². The van der Waals surface area contributed by atoms with Crippen molar-refractivity contribution in [1.82, 2.24) is 14.9 Å². The van der Waals surface area contributed by atoms with Gasteiger partial charge in [0.25, 0.3) is 5.91 Å². The number of rotatable bonds is 7. The van der Waals surface area contributed by atoms with Crippen LogP contribution in [0.25, 0.3) is 11.0 Å². The Bertz CT molecular complexity index is 1200. The van der Waals surface area contributed by atoms with Gasteiger partial charge < -0.3 is 14.6 Å². The number of fused-ring (bicyclic) bond motifs is 1. The third kappa shape index (κ3) is 4.72. The van der Waals surface area contributed by atoms with Crippen molar-refractivity contribution >= 4 is 28.5 Å². The summed E-state index contributed by atoms with van der Waals surface area (Å²) in [5.41, 5.74) is 3.50. The van der Waals surface area contributed by atoms with E-state index in [0.717, 1.165) is 33.2 Å². The van der Waals surface area contributed by atoms with Gasteiger partial charge in [0, 0.05) is 10.6 Å². The van der Waals surface area contributed by atoms with Gasteiger partial charge in [-0.2, -0.15) is 0 Å². The molecule has 6 heteroatoms. The number of para-hydroxylation sites is 2. The zero-order valence-corrected chi connectivity index (χ0v) is 18.3. The summed E-state index contributed by atoms with van der Waals surface area (Å²) in [6.45, 7) is 4.96. The maximum atomic E-state index is 12.6. The van der Waals surface area contributed by atoms with Crippen LogP contribution in [0.5, 0.6) is 5.75 Å². The summed E-state index contributed by atoms with van der Waals surface area (Å²) < 4.78 is 8.06. The second-order valence-electron chi connectivity index (χ2n) is 7.43. The van der Waals surface area contributed by atoms with Gasteiger partial charge in [0.15, 0.2) is 0 Å². The molecule has 0 radical (unpaired) electrons. The molecule has 1 N–H and O–H groups in total. The molecule has 31 heavy (non-hydrogen) atoms. The molecule has 0 saturated carbocycles. The number of aromatic nitrogens is 2. The first-order valence-corrected chi connectivity index (χ1v) is 10.6. The van der Waals surface area contributed by atoms with E-state index in [1.807, 2.05) is 74.5 Å². The second-order valence-corrected chi connectivity index (χ2v) is 7.84. The van der Waals surface area contributed by atoms with Crippen molar-refractivity contribution < 1.29 is 9.53 Å². The number of amides is 1. The SMILES string of the molecule is Cc1cc(OCCn2c(C(C)NC(=O)c3ccccc3)nc3ccccc32)ccc1Cl. The van der Waals surface area contributed by atoms with Crippen LogP contribution >= 0.6 is 11.6 Å². The maximum absolute atomic E-state index is 12.6. The van der Waals surface area contributed by atoms with Crippen LogP contribution in [-0.4, -0.2) is 22.1 Å². The van der Waals surface area contributed by atoms with Crippen molar-refractivity contribution in [2.45, 2.75) is 26.4 Å². The minimum absolute atomic E-state index is 0.125. The number of ether oxygens (including phenoxy) is 1. The Morgan fingerprint density at radius 3 is 2.61 bits per heavy atom. The number of aryl methyl sites for hydroxylation is 1. The summed E-state index contributed by atoms with van der Waals surface area (Å²) in [5, 5.41) is 3.78. The quantitative estimate of drug-likeness (QED) is 0.414. The van der Waals surface area contributed by atoms with E-state index in [1.54, 1.807) is 12.1 Å². The highest BCUT2D eigenvalue weighted by Crippen LogP contribution is 2.23. The highest BCUT2D eigenvalue weighted by Gasteiger charge is 2.19. The average Bonchev–Trinajstić information content (AvgIpc) is 3.15. The Labute approximate surface area is 186 Å². The number of benzene rings is 3. The molecule has 0 aliphatic carbocycles. The van der Waals surface area contributed by atoms with E-state index >= 15 is 0 Å². The average molecular weight is 434 g/mol. The number of hydrogen-bond acceptors (Lipinski definition) is 3. The lowest BCUT2D eigenvalue weighted by Gasteiger charge is -2.17. The molecular formula is C25H24ClN3O2. The van der Waals surface area contributed by atoms with E-state index in [2.05, 4.69) is 9.88 Å². The van der Waals surface area contributed by atoms with Gasteiger partial charge in [0.05, 0.1) is 23.6 Å². The Balaban J connectivity index is 1.53. The Morgan fingerprint density at radius 1 is 1.10 bits per heavy atom. The number of nitrogens with zero attached hydrogens (tertiary/aromatic N) is 2. The lowest BCUT2D eigenvalue weighted by atomic mass is 10.2. The standard InChI is InChI=1S/C25H24ClN3O2/c1-17-16-20(12-13-21(17)26)31-15-14-29-23-11-7-6-10-22(23)28-24(29)18(2)27-25(30)19-8-4-3-5-9-19/h3-13,16,18H,14-15H2,1-2H3,(H,27,30). The molecule has 1 atom stereocenters. The molecule has 0 spiro atoms. The lowest BCUT2D eigenvalue weighted by molar-refractivity contribution is 0.0937. The summed E-state index contributed by atoms with van der Waals surface area (Å²) in [7, 11) is 0. The summed E-state index contributed by atoms with van der Waals surface area (Å²) >= 11 is 6.10. The highest BCUT2D eigenvalue weighted by molar-refractivity contribution is 6.31. The number of imidazole rings is 1. The molecule has 158 valence electrons. The van der Waals surface area contributed by atoms with Crippen LogP contribution in [0.3, 0.4) is 0 Å². The number of carbonyl (C=O) groups is 1. The van der Waals surface area contributed by atoms with E-state index < -0.39 is 0 Å². The number of hydrogen-bond donors (Lipinski definition) is 1. The summed E-state index contributed by atoms with van der Waals surface area (Å²) in [4.78, 5) is 17.4. The molecule has 1 aromatic heterocycles. The first-order valence-electron chi connectivity index (χ1n) is 10.2. The van der Waals surface area contributed by atoms with E-state index in [9.17, 15) is 4.79 Å². The minimum atomic E-state index is -0.266. The molecule has 0 aliphatic heterocycles. The van der Waals surface area contributed by atoms with Gasteiger partial charge >= 0.3 is 0 Å². The van der Waals surface area contributed by atoms with Gasteiger partial charge in [-0.15, -0.1) is 0 Å². The Hall–Kier alpha value is -3.31. The first kappa shape index (κ1) is 20.9. The lowest BCUT2D eigenvalue weighted by Crippen LogP contribution is -2.29. The van der Waals surface area contributed by atoms with Crippen LogP contribution < -0.4 is 10.1 Å². The van der Waals surface area contributed by atoms with Gasteiger partial charge in [-0.1, -0.05) is 41.9 Å². The van der Waals surface area contributed by atoms with E-state index in [0.29, 0.717) is 18.7 Å². The zero-order chi connectivity index (χ0) is 21.8. The second kappa shape index (κ2) is 9.23. The van der Waals surface area contributed by atoms with Crippen molar-refractivity contribution in [2.75, 3.05) is 6.61 Å². The smallest absolute Gasteiger partial charge is 0.251 e. The van der Waals surface area contributed by atoms with Crippen molar-refractivity contribution in [3.63, 3.8) is 0 Å². The van der Waals surface area contributed by atoms with Crippen LogP contribution in [0.4, 0.5) is 0 Å². The monoisotopic (exact) mass is 433 g/mol. The molecule has 1 heterocycles. The zero-order valence-electron chi connectivity index (χ0n) is 17.5. The van der Waals surface area contributed by atoms with Gasteiger partial charge in [0.1, 0.15) is 18.2 Å². The molecule has 1 amide bonds. The predicted molar refractivity (Wildman–Crippen MR) is 124 cm³/mol. The van der Waals surface area contributed by atoms with Crippen molar-refractivity contribution in [2.24, 2.45) is 0 Å². The third-order valence-electron chi connectivity index (χ3n) is 5.17. The number of halogens is 1. The molecule has 4 rings (SSSR count). The fourth-order valence-electron chi connectivity index (χ4n) is 3.56. The van der Waals surface area contributed by atoms with Crippen molar-refractivity contribution in [3.8, 4) is 5.75 Å². The maximum Gasteiger partial charge on any atom is 0.251 e. The van der Waals surface area contributed by atoms with E-state index in [1.165, 1.54) is 0 Å². The molecule has 0 fully saturated rings. The van der Waals surface area contributed by atoms with Crippen LogP contribution in [-0.2, 0) is 6.54 Å². The van der Waals surface area contributed by atoms with Crippen LogP contribution in [0.2, 0.25) is 5.02 Å². The molecule has 4 aromatic rings. The normalized spacial score (nSPS) is 12.0. The molecule has 5 nitrogen and oxygen atoms in total. The predicted octanol–water partition coefficient (Wildman–Crippen LogP) is 5.57. The van der Waals surface area contributed by atoms with Crippen molar-refractivity contribution in [1.29, 1.82) is 0 Å². The van der Waals surface area contributed by atoms with E-state index in [4.69, 9.17) is 21.3 Å². The van der Waals surface area contributed by atoms with Gasteiger partial charge in [-0.25, -0.2) is 4.98 Å². The molecule has 0 bridgehead atoms. The Morgan fingerprint density at radius 2 is 1.84 bits per heavy atom. The minimum Gasteiger partial charge on any atom is -0.492 e. The first-order chi connectivity index (χ1) is 15.0. The number of carbonyl (C=O) groups excluding carboxylic acids is 1. The van der Waals surface area contributed by atoms with Crippen LogP contribution in [0.1, 0.15) is 34.7 Å². The molecule has 1 unspecified atom stereocenters. The van der Waals surface area contributed by atoms with Gasteiger partial charge in [-0.3, -0.25) is 4.79 Å². The third-order valence-corrected chi connectivity index (χ3v) is 5.59. The van der Waals surface area contributed by atoms with Crippen molar-refractivity contribution in [3.05, 3.63) is 94.8 Å². The van der Waals surface area contributed by atoms with Gasteiger partial charge in [0.2, 0.25) is 0 Å². The molecule has 0 aliphatic rings. The fourth-order valence-corrected chi connectivity index (χ4v) is 3.67. The molecular weight excluding hydrogens is 410 g/mol. The van der Waals surface area contributed by atoms with E-state index in [-0.39, 0.29) is 11.9 Å². The largest absolute Gasteiger partial charge is 0.492 e. The summed E-state index contributed by atoms with van der Waals surface area (Å²) in [6.07, 6.45) is 0. The van der Waals surface area contributed by atoms with Crippen LogP contribution in [0, 0.1) is 6.92 Å². The Kier molecular flexibility index (Phi) is 6.23. The van der Waals surface area contributed by atoms with Crippen LogP contribution in [0.15, 0.2) is 72.8 Å². The molecule has 3 aromatic carbocycles. The fraction of sp³-hybridized carbons (Fsp3) is 0.200. The highest BCUT2D eigenvalue weighted by atomic mass is 35.5. The summed E-state index contributed by atoms with van der Waals surface area (Å²) in [5.74, 6) is 1.44. The number of nitrogens with one attached hydrogen (secondary N) is 1.